The van der Waals surface area contributed by atoms with Gasteiger partial charge < -0.3 is 10.4 Å². The van der Waals surface area contributed by atoms with Gasteiger partial charge in [-0.05, 0) is 25.5 Å². The highest BCUT2D eigenvalue weighted by atomic mass is 16.4. The second-order valence-corrected chi connectivity index (χ2v) is 4.92. The van der Waals surface area contributed by atoms with E-state index >= 15 is 0 Å². The van der Waals surface area contributed by atoms with Gasteiger partial charge in [0.2, 0.25) is 0 Å². The molecule has 1 aromatic carbocycles. The van der Waals surface area contributed by atoms with Gasteiger partial charge in [-0.2, -0.15) is 0 Å². The second-order valence-electron chi connectivity index (χ2n) is 4.92. The van der Waals surface area contributed by atoms with E-state index in [1.807, 2.05) is 6.07 Å². The molecule has 0 aliphatic heterocycles. The molecule has 2 rings (SSSR count). The number of nitrogens with one attached hydrogen (secondary N) is 1. The number of anilines is 1. The van der Waals surface area contributed by atoms with Crippen molar-refractivity contribution in [3.05, 3.63) is 30.1 Å². The number of hydrogen-bond donors (Lipinski definition) is 2. The molecule has 2 aromatic rings. The highest BCUT2D eigenvalue weighted by Gasteiger charge is 2.13. The summed E-state index contributed by atoms with van der Waals surface area (Å²) in [7, 11) is 0. The zero-order valence-electron chi connectivity index (χ0n) is 11.8. The Morgan fingerprint density at radius 1 is 1.40 bits per heavy atom. The minimum atomic E-state index is -0.973. The van der Waals surface area contributed by atoms with E-state index in [9.17, 15) is 9.90 Å². The predicted molar refractivity (Wildman–Crippen MR) is 79.1 cm³/mol. The normalized spacial score (nSPS) is 12.3. The van der Waals surface area contributed by atoms with E-state index in [4.69, 9.17) is 0 Å². The Labute approximate surface area is 118 Å². The summed E-state index contributed by atoms with van der Waals surface area (Å²) in [5, 5.41) is 13.3. The Balaban J connectivity index is 2.35. The third kappa shape index (κ3) is 3.04. The zero-order valence-corrected chi connectivity index (χ0v) is 11.8. The lowest BCUT2D eigenvalue weighted by Crippen LogP contribution is -2.16. The van der Waals surface area contributed by atoms with Gasteiger partial charge in [-0.25, -0.2) is 14.8 Å². The van der Waals surface area contributed by atoms with Crippen molar-refractivity contribution in [1.29, 1.82) is 0 Å². The maximum absolute atomic E-state index is 11.2. The van der Waals surface area contributed by atoms with Crippen LogP contribution in [0.1, 0.15) is 43.5 Å². The maximum atomic E-state index is 11.2. The molecule has 0 spiro atoms. The topological polar surface area (TPSA) is 75.1 Å². The van der Waals surface area contributed by atoms with Crippen molar-refractivity contribution < 1.29 is 9.90 Å². The third-order valence-electron chi connectivity index (χ3n) is 3.27. The van der Waals surface area contributed by atoms with Crippen LogP contribution in [0.15, 0.2) is 24.5 Å². The van der Waals surface area contributed by atoms with Crippen molar-refractivity contribution in [1.82, 2.24) is 9.97 Å². The van der Waals surface area contributed by atoms with Crippen molar-refractivity contribution in [2.24, 2.45) is 0 Å². The van der Waals surface area contributed by atoms with Gasteiger partial charge in [0.05, 0.1) is 11.1 Å². The minimum absolute atomic E-state index is 0.203. The summed E-state index contributed by atoms with van der Waals surface area (Å²) in [6.45, 7) is 4.26. The molecule has 20 heavy (non-hydrogen) atoms. The number of para-hydroxylation sites is 1. The van der Waals surface area contributed by atoms with E-state index in [2.05, 4.69) is 29.1 Å². The van der Waals surface area contributed by atoms with E-state index in [1.165, 1.54) is 6.33 Å². The lowest BCUT2D eigenvalue weighted by atomic mass is 10.1. The quantitative estimate of drug-likeness (QED) is 0.844. The molecule has 0 saturated carbocycles. The van der Waals surface area contributed by atoms with Gasteiger partial charge in [0.25, 0.3) is 0 Å². The molecular formula is C15H19N3O2. The van der Waals surface area contributed by atoms with Crippen molar-refractivity contribution in [2.45, 2.75) is 39.2 Å². The molecule has 5 heteroatoms. The number of fused-ring (bicyclic) bond motifs is 1. The molecule has 0 aliphatic carbocycles. The fourth-order valence-electron chi connectivity index (χ4n) is 2.19. The van der Waals surface area contributed by atoms with Crippen LogP contribution in [0.25, 0.3) is 10.9 Å². The molecular weight excluding hydrogens is 254 g/mol. The summed E-state index contributed by atoms with van der Waals surface area (Å²) in [5.74, 6) is -0.277. The highest BCUT2D eigenvalue weighted by Crippen LogP contribution is 2.23. The SMILES string of the molecule is CCCC[C@@H](C)Nc1ncnc2c(C(=O)O)cccc12. The molecule has 2 N–H and O–H groups in total. The van der Waals surface area contributed by atoms with Crippen molar-refractivity contribution in [3.8, 4) is 0 Å². The Kier molecular flexibility index (Phi) is 4.50. The molecule has 1 atom stereocenters. The molecule has 0 aliphatic rings. The molecule has 0 saturated heterocycles. The Bertz CT molecular complexity index is 613. The summed E-state index contributed by atoms with van der Waals surface area (Å²) in [6.07, 6.45) is 4.77. The molecule has 0 unspecified atom stereocenters. The van der Waals surface area contributed by atoms with Gasteiger partial charge in [0, 0.05) is 11.4 Å². The van der Waals surface area contributed by atoms with Gasteiger partial charge in [-0.1, -0.05) is 25.8 Å². The summed E-state index contributed by atoms with van der Waals surface area (Å²) in [6, 6.07) is 5.41. The summed E-state index contributed by atoms with van der Waals surface area (Å²) < 4.78 is 0. The van der Waals surface area contributed by atoms with Crippen LogP contribution < -0.4 is 5.32 Å². The van der Waals surface area contributed by atoms with E-state index in [0.29, 0.717) is 17.4 Å². The van der Waals surface area contributed by atoms with Crippen LogP contribution in [-0.2, 0) is 0 Å². The first kappa shape index (κ1) is 14.2. The number of unbranched alkanes of at least 4 members (excludes halogenated alkanes) is 1. The highest BCUT2D eigenvalue weighted by molar-refractivity contribution is 6.04. The second kappa shape index (κ2) is 6.32. The number of carbonyl (C=O) groups is 1. The van der Waals surface area contributed by atoms with Crippen LogP contribution in [-0.4, -0.2) is 27.1 Å². The fourth-order valence-corrected chi connectivity index (χ4v) is 2.19. The lowest BCUT2D eigenvalue weighted by Gasteiger charge is -2.15. The number of hydrogen-bond acceptors (Lipinski definition) is 4. The fraction of sp³-hybridized carbons (Fsp3) is 0.400. The summed E-state index contributed by atoms with van der Waals surface area (Å²) in [4.78, 5) is 19.5. The number of benzene rings is 1. The zero-order chi connectivity index (χ0) is 14.5. The van der Waals surface area contributed by atoms with Crippen LogP contribution in [0.5, 0.6) is 0 Å². The van der Waals surface area contributed by atoms with Crippen LogP contribution in [0.3, 0.4) is 0 Å². The Morgan fingerprint density at radius 3 is 2.90 bits per heavy atom. The van der Waals surface area contributed by atoms with Crippen LogP contribution in [0.4, 0.5) is 5.82 Å². The van der Waals surface area contributed by atoms with Crippen LogP contribution in [0.2, 0.25) is 0 Å². The smallest absolute Gasteiger partial charge is 0.337 e. The molecule has 1 aromatic heterocycles. The minimum Gasteiger partial charge on any atom is -0.478 e. The Morgan fingerprint density at radius 2 is 2.20 bits per heavy atom. The van der Waals surface area contributed by atoms with Crippen molar-refractivity contribution in [3.63, 3.8) is 0 Å². The molecule has 0 bridgehead atoms. The average molecular weight is 273 g/mol. The number of carboxylic acid groups (broad SMARTS) is 1. The van der Waals surface area contributed by atoms with Crippen molar-refractivity contribution in [2.75, 3.05) is 5.32 Å². The largest absolute Gasteiger partial charge is 0.478 e. The molecule has 0 amide bonds. The molecule has 106 valence electrons. The van der Waals surface area contributed by atoms with E-state index in [0.717, 1.165) is 24.6 Å². The standard InChI is InChI=1S/C15H19N3O2/c1-3-4-6-10(2)18-14-11-7-5-8-12(15(19)20)13(11)16-9-17-14/h5,7-10H,3-4,6H2,1-2H3,(H,19,20)(H,16,17,18)/t10-/m1/s1. The molecule has 0 fully saturated rings. The number of rotatable bonds is 6. The first-order chi connectivity index (χ1) is 9.63. The summed E-state index contributed by atoms with van der Waals surface area (Å²) in [5.41, 5.74) is 0.675. The van der Waals surface area contributed by atoms with Gasteiger partial charge in [-0.15, -0.1) is 0 Å². The number of nitrogens with zero attached hydrogens (tertiary/aromatic N) is 2. The first-order valence-electron chi connectivity index (χ1n) is 6.87. The monoisotopic (exact) mass is 273 g/mol. The van der Waals surface area contributed by atoms with Crippen LogP contribution in [0, 0.1) is 0 Å². The van der Waals surface area contributed by atoms with Crippen LogP contribution >= 0.6 is 0 Å². The average Bonchev–Trinajstić information content (AvgIpc) is 2.44. The van der Waals surface area contributed by atoms with Gasteiger partial charge in [0.1, 0.15) is 12.1 Å². The van der Waals surface area contributed by atoms with Crippen molar-refractivity contribution >= 4 is 22.7 Å². The third-order valence-corrected chi connectivity index (χ3v) is 3.27. The first-order valence-corrected chi connectivity index (χ1v) is 6.87. The van der Waals surface area contributed by atoms with Gasteiger partial charge in [0.15, 0.2) is 0 Å². The predicted octanol–water partition coefficient (Wildman–Crippen LogP) is 3.32. The lowest BCUT2D eigenvalue weighted by molar-refractivity contribution is 0.0699. The molecule has 1 heterocycles. The van der Waals surface area contributed by atoms with E-state index in [1.54, 1.807) is 12.1 Å². The van der Waals surface area contributed by atoms with E-state index in [-0.39, 0.29) is 5.56 Å². The van der Waals surface area contributed by atoms with Gasteiger partial charge in [-0.3, -0.25) is 0 Å². The van der Waals surface area contributed by atoms with Gasteiger partial charge >= 0.3 is 5.97 Å². The maximum Gasteiger partial charge on any atom is 0.337 e. The summed E-state index contributed by atoms with van der Waals surface area (Å²) >= 11 is 0. The Hall–Kier alpha value is -2.17. The number of aromatic carboxylic acids is 1. The molecule has 0 radical (unpaired) electrons. The number of carboxylic acids is 1. The molecule has 5 nitrogen and oxygen atoms in total. The van der Waals surface area contributed by atoms with E-state index < -0.39 is 5.97 Å². The number of aromatic nitrogens is 2.